The van der Waals surface area contributed by atoms with E-state index in [-0.39, 0.29) is 11.9 Å². The van der Waals surface area contributed by atoms with Crippen LogP contribution in [0.25, 0.3) is 0 Å². The minimum Gasteiger partial charge on any atom is -0.351 e. The molecule has 0 aromatic rings. The van der Waals surface area contributed by atoms with Gasteiger partial charge < -0.3 is 11.1 Å². The molecule has 0 radical (unpaired) electrons. The SMILES string of the molecule is N[C@@H]1CC(=O)N[C@H]1C1CC1. The van der Waals surface area contributed by atoms with Gasteiger partial charge in [0, 0.05) is 18.5 Å². The number of carbonyl (C=O) groups excluding carboxylic acids is 1. The summed E-state index contributed by atoms with van der Waals surface area (Å²) in [7, 11) is 0. The van der Waals surface area contributed by atoms with Crippen molar-refractivity contribution in [3.63, 3.8) is 0 Å². The molecule has 0 spiro atoms. The lowest BCUT2D eigenvalue weighted by molar-refractivity contribution is -0.119. The zero-order valence-electron chi connectivity index (χ0n) is 5.84. The molecule has 3 nitrogen and oxygen atoms in total. The van der Waals surface area contributed by atoms with Crippen LogP contribution in [0.4, 0.5) is 0 Å². The summed E-state index contributed by atoms with van der Waals surface area (Å²) in [5.74, 6) is 0.825. The van der Waals surface area contributed by atoms with Crippen molar-refractivity contribution >= 4 is 5.91 Å². The van der Waals surface area contributed by atoms with Crippen LogP contribution in [0.1, 0.15) is 19.3 Å². The molecule has 2 rings (SSSR count). The highest BCUT2D eigenvalue weighted by atomic mass is 16.2. The lowest BCUT2D eigenvalue weighted by atomic mass is 10.1. The van der Waals surface area contributed by atoms with E-state index in [1.54, 1.807) is 0 Å². The van der Waals surface area contributed by atoms with Crippen LogP contribution in [-0.4, -0.2) is 18.0 Å². The predicted octanol–water partition coefficient (Wildman–Crippen LogP) is -0.388. The number of amides is 1. The van der Waals surface area contributed by atoms with Gasteiger partial charge >= 0.3 is 0 Å². The summed E-state index contributed by atoms with van der Waals surface area (Å²) >= 11 is 0. The first-order chi connectivity index (χ1) is 4.77. The van der Waals surface area contributed by atoms with E-state index in [1.165, 1.54) is 12.8 Å². The second-order valence-electron chi connectivity index (χ2n) is 3.30. The van der Waals surface area contributed by atoms with Crippen molar-refractivity contribution in [1.29, 1.82) is 0 Å². The maximum absolute atomic E-state index is 10.8. The first-order valence-electron chi connectivity index (χ1n) is 3.82. The highest BCUT2D eigenvalue weighted by Gasteiger charge is 2.40. The number of nitrogens with one attached hydrogen (secondary N) is 1. The zero-order chi connectivity index (χ0) is 7.14. The van der Waals surface area contributed by atoms with Crippen molar-refractivity contribution < 1.29 is 4.79 Å². The van der Waals surface area contributed by atoms with Crippen LogP contribution in [-0.2, 0) is 4.79 Å². The van der Waals surface area contributed by atoms with Gasteiger partial charge in [-0.05, 0) is 18.8 Å². The fourth-order valence-electron chi connectivity index (χ4n) is 1.62. The lowest BCUT2D eigenvalue weighted by Crippen LogP contribution is -2.38. The molecule has 3 heteroatoms. The van der Waals surface area contributed by atoms with Crippen molar-refractivity contribution in [1.82, 2.24) is 5.32 Å². The Kier molecular flexibility index (Phi) is 1.20. The van der Waals surface area contributed by atoms with Crippen LogP contribution >= 0.6 is 0 Å². The molecule has 1 saturated carbocycles. The summed E-state index contributed by atoms with van der Waals surface area (Å²) in [4.78, 5) is 10.8. The predicted molar refractivity (Wildman–Crippen MR) is 37.2 cm³/mol. The van der Waals surface area contributed by atoms with Gasteiger partial charge in [0.15, 0.2) is 0 Å². The van der Waals surface area contributed by atoms with Crippen LogP contribution in [0.15, 0.2) is 0 Å². The molecule has 1 amide bonds. The quantitative estimate of drug-likeness (QED) is 0.521. The minimum absolute atomic E-state index is 0.0833. The van der Waals surface area contributed by atoms with Crippen LogP contribution in [0.2, 0.25) is 0 Å². The van der Waals surface area contributed by atoms with Gasteiger partial charge in [0.1, 0.15) is 0 Å². The molecule has 0 unspecified atom stereocenters. The Labute approximate surface area is 60.0 Å². The monoisotopic (exact) mass is 140 g/mol. The smallest absolute Gasteiger partial charge is 0.221 e. The molecule has 0 aromatic carbocycles. The molecule has 1 heterocycles. The van der Waals surface area contributed by atoms with Crippen LogP contribution < -0.4 is 11.1 Å². The molecular formula is C7H12N2O. The molecule has 0 bridgehead atoms. The Morgan fingerprint density at radius 3 is 2.60 bits per heavy atom. The van der Waals surface area contributed by atoms with Crippen LogP contribution in [0.3, 0.4) is 0 Å². The van der Waals surface area contributed by atoms with Crippen molar-refractivity contribution in [2.24, 2.45) is 11.7 Å². The molecule has 1 aliphatic carbocycles. The number of carbonyl (C=O) groups is 1. The maximum atomic E-state index is 10.8. The second-order valence-corrected chi connectivity index (χ2v) is 3.30. The molecule has 0 aromatic heterocycles. The topological polar surface area (TPSA) is 55.1 Å². The van der Waals surface area contributed by atoms with E-state index in [1.807, 2.05) is 0 Å². The Morgan fingerprint density at radius 1 is 1.50 bits per heavy atom. The summed E-state index contributed by atoms with van der Waals surface area (Å²) in [5.41, 5.74) is 5.73. The van der Waals surface area contributed by atoms with Crippen molar-refractivity contribution in [2.75, 3.05) is 0 Å². The largest absolute Gasteiger partial charge is 0.351 e. The average molecular weight is 140 g/mol. The van der Waals surface area contributed by atoms with E-state index < -0.39 is 0 Å². The standard InChI is InChI=1S/C7H12N2O/c8-5-3-6(10)9-7(5)4-1-2-4/h4-5,7H,1-3,8H2,(H,9,10)/t5-,7+/m1/s1. The van der Waals surface area contributed by atoms with Gasteiger partial charge in [0.05, 0.1) is 0 Å². The molecule has 3 N–H and O–H groups in total. The highest BCUT2D eigenvalue weighted by molar-refractivity contribution is 5.79. The molecule has 1 saturated heterocycles. The second kappa shape index (κ2) is 1.95. The molecule has 2 aliphatic rings. The minimum atomic E-state index is 0.0833. The summed E-state index contributed by atoms with van der Waals surface area (Å²) in [6.45, 7) is 0. The first-order valence-corrected chi connectivity index (χ1v) is 3.82. The molecule has 56 valence electrons. The Hall–Kier alpha value is -0.570. The third kappa shape index (κ3) is 0.904. The van der Waals surface area contributed by atoms with E-state index in [0.717, 1.165) is 0 Å². The summed E-state index contributed by atoms with van der Waals surface area (Å²) in [6.07, 6.45) is 3.03. The fourth-order valence-corrected chi connectivity index (χ4v) is 1.62. The third-order valence-electron chi connectivity index (χ3n) is 2.34. The van der Waals surface area contributed by atoms with Gasteiger partial charge in [-0.25, -0.2) is 0 Å². The molecular weight excluding hydrogens is 128 g/mol. The van der Waals surface area contributed by atoms with Gasteiger partial charge in [0.2, 0.25) is 5.91 Å². The number of nitrogens with two attached hydrogens (primary N) is 1. The van der Waals surface area contributed by atoms with E-state index in [0.29, 0.717) is 18.4 Å². The van der Waals surface area contributed by atoms with E-state index >= 15 is 0 Å². The van der Waals surface area contributed by atoms with Gasteiger partial charge in [0.25, 0.3) is 0 Å². The zero-order valence-corrected chi connectivity index (χ0v) is 5.84. The van der Waals surface area contributed by atoms with Crippen molar-refractivity contribution in [2.45, 2.75) is 31.3 Å². The van der Waals surface area contributed by atoms with Gasteiger partial charge in [-0.15, -0.1) is 0 Å². The van der Waals surface area contributed by atoms with E-state index in [2.05, 4.69) is 5.32 Å². The summed E-state index contributed by atoms with van der Waals surface area (Å²) in [6, 6.07) is 0.382. The van der Waals surface area contributed by atoms with Gasteiger partial charge in [-0.3, -0.25) is 4.79 Å². The molecule has 2 atom stereocenters. The Balaban J connectivity index is 2.01. The summed E-state index contributed by atoms with van der Waals surface area (Å²) < 4.78 is 0. The van der Waals surface area contributed by atoms with Crippen LogP contribution in [0, 0.1) is 5.92 Å². The maximum Gasteiger partial charge on any atom is 0.221 e. The Morgan fingerprint density at radius 2 is 2.20 bits per heavy atom. The lowest BCUT2D eigenvalue weighted by Gasteiger charge is -2.12. The number of hydrogen-bond acceptors (Lipinski definition) is 2. The summed E-state index contributed by atoms with van der Waals surface area (Å²) in [5, 5.41) is 2.90. The molecule has 2 fully saturated rings. The number of rotatable bonds is 1. The third-order valence-corrected chi connectivity index (χ3v) is 2.34. The van der Waals surface area contributed by atoms with Gasteiger partial charge in [-0.2, -0.15) is 0 Å². The normalized spacial score (nSPS) is 39.9. The Bertz CT molecular complexity index is 165. The number of hydrogen-bond donors (Lipinski definition) is 2. The van der Waals surface area contributed by atoms with Gasteiger partial charge in [-0.1, -0.05) is 0 Å². The van der Waals surface area contributed by atoms with Crippen LogP contribution in [0.5, 0.6) is 0 Å². The first kappa shape index (κ1) is 6.16. The average Bonchev–Trinajstić information content (AvgIpc) is 2.61. The molecule has 10 heavy (non-hydrogen) atoms. The van der Waals surface area contributed by atoms with Crippen molar-refractivity contribution in [3.05, 3.63) is 0 Å². The van der Waals surface area contributed by atoms with Crippen molar-refractivity contribution in [3.8, 4) is 0 Å². The van der Waals surface area contributed by atoms with E-state index in [9.17, 15) is 4.79 Å². The highest BCUT2D eigenvalue weighted by Crippen LogP contribution is 2.35. The molecule has 1 aliphatic heterocycles. The van der Waals surface area contributed by atoms with E-state index in [4.69, 9.17) is 5.73 Å². The fraction of sp³-hybridized carbons (Fsp3) is 0.857.